The molecule has 6 heteroatoms. The van der Waals surface area contributed by atoms with Crippen LogP contribution in [0.2, 0.25) is 0 Å². The number of piperidine rings is 3. The van der Waals surface area contributed by atoms with Crippen LogP contribution in [0.25, 0.3) is 10.9 Å². The molecule has 5 heterocycles. The lowest BCUT2D eigenvalue weighted by atomic mass is 9.74. The summed E-state index contributed by atoms with van der Waals surface area (Å²) in [5.41, 5.74) is 2.35. The van der Waals surface area contributed by atoms with Gasteiger partial charge < -0.3 is 19.3 Å². The number of aliphatic imine (C=N–C) groups is 1. The quantitative estimate of drug-likeness (QED) is 0.298. The zero-order valence-corrected chi connectivity index (χ0v) is 16.7. The van der Waals surface area contributed by atoms with Gasteiger partial charge in [0.15, 0.2) is 5.60 Å². The highest BCUT2D eigenvalue weighted by atomic mass is 127. The number of para-hydroxylation sites is 1. The minimum Gasteiger partial charge on any atom is -0.462 e. The molecule has 25 heavy (non-hydrogen) atoms. The van der Waals surface area contributed by atoms with Gasteiger partial charge >= 0.3 is 0 Å². The summed E-state index contributed by atoms with van der Waals surface area (Å²) < 4.78 is 11.3. The number of aromatic nitrogens is 1. The predicted octanol–water partition coefficient (Wildman–Crippen LogP) is 2.50. The summed E-state index contributed by atoms with van der Waals surface area (Å²) in [5.74, 6) is 1.55. The molecule has 134 valence electrons. The lowest BCUT2D eigenvalue weighted by Gasteiger charge is -2.55. The number of nitrogens with zero attached hydrogens (tertiary/aromatic N) is 3. The minimum absolute atomic E-state index is 0. The average Bonchev–Trinajstić information content (AvgIpc) is 3.18. The van der Waals surface area contributed by atoms with Crippen molar-refractivity contribution in [2.75, 3.05) is 30.7 Å². The van der Waals surface area contributed by atoms with E-state index < -0.39 is 0 Å². The molecule has 0 radical (unpaired) electrons. The maximum Gasteiger partial charge on any atom is 0.219 e. The fourth-order valence-electron chi connectivity index (χ4n) is 5.07. The third-order valence-electron chi connectivity index (χ3n) is 6.42. The van der Waals surface area contributed by atoms with E-state index in [0.717, 1.165) is 24.6 Å². The summed E-state index contributed by atoms with van der Waals surface area (Å²) in [6, 6.07) is 8.53. The van der Waals surface area contributed by atoms with Gasteiger partial charge in [-0.1, -0.05) is 18.2 Å². The van der Waals surface area contributed by atoms with Crippen LogP contribution in [0.1, 0.15) is 18.4 Å². The second kappa shape index (κ2) is 5.96. The lowest BCUT2D eigenvalue weighted by molar-refractivity contribution is -0.935. The Hall–Kier alpha value is -1.12. The fourth-order valence-corrected chi connectivity index (χ4v) is 5.99. The minimum atomic E-state index is -0.0477. The molecule has 4 aliphatic heterocycles. The highest BCUT2D eigenvalue weighted by Crippen LogP contribution is 2.46. The Balaban J connectivity index is 0.00000157. The summed E-state index contributed by atoms with van der Waals surface area (Å²) in [6.07, 6.45) is 4.76. The van der Waals surface area contributed by atoms with Crippen molar-refractivity contribution >= 4 is 39.4 Å². The molecule has 0 amide bonds. The molecule has 4 aliphatic rings. The molecular weight excluding hydrogens is 429 g/mol. The van der Waals surface area contributed by atoms with Gasteiger partial charge in [-0.15, -0.1) is 0 Å². The standard InChI is InChI=1S/C19H23IN3O.H2O/c1-22-10-16(15-4-2-3-5-17(15)22)18-21-11-19(24-18)12-23(13-20)8-6-14(19)7-9-23;/h2-5,10,14H,6-9,11-13H2,1H3;1H2/q+1;. The van der Waals surface area contributed by atoms with Gasteiger partial charge in [0.1, 0.15) is 11.1 Å². The first-order chi connectivity index (χ1) is 11.6. The maximum atomic E-state index is 6.68. The van der Waals surface area contributed by atoms with Crippen LogP contribution in [-0.4, -0.2) is 56.8 Å². The highest BCUT2D eigenvalue weighted by Gasteiger charge is 2.58. The van der Waals surface area contributed by atoms with E-state index in [-0.39, 0.29) is 11.1 Å². The van der Waals surface area contributed by atoms with Crippen molar-refractivity contribution in [2.24, 2.45) is 18.0 Å². The molecule has 0 aliphatic carbocycles. The Kier molecular flexibility index (Phi) is 4.12. The summed E-state index contributed by atoms with van der Waals surface area (Å²) in [6.45, 7) is 4.62. The van der Waals surface area contributed by atoms with E-state index in [2.05, 4.69) is 64.7 Å². The molecule has 2 N–H and O–H groups in total. The first-order valence-corrected chi connectivity index (χ1v) is 10.4. The highest BCUT2D eigenvalue weighted by molar-refractivity contribution is 14.1. The summed E-state index contributed by atoms with van der Waals surface area (Å²) in [5, 5.41) is 1.25. The van der Waals surface area contributed by atoms with Gasteiger partial charge in [0.2, 0.25) is 5.90 Å². The number of alkyl halides is 1. The van der Waals surface area contributed by atoms with E-state index >= 15 is 0 Å². The number of rotatable bonds is 2. The van der Waals surface area contributed by atoms with Gasteiger partial charge in [-0.2, -0.15) is 0 Å². The van der Waals surface area contributed by atoms with Crippen LogP contribution >= 0.6 is 22.6 Å². The number of quaternary nitrogens is 1. The summed E-state index contributed by atoms with van der Waals surface area (Å²) in [7, 11) is 2.10. The Labute approximate surface area is 161 Å². The second-order valence-corrected chi connectivity index (χ2v) is 8.48. The van der Waals surface area contributed by atoms with Gasteiger partial charge in [0, 0.05) is 42.9 Å². The van der Waals surface area contributed by atoms with E-state index in [1.807, 2.05) is 0 Å². The molecule has 1 spiro atoms. The topological polar surface area (TPSA) is 58.0 Å². The van der Waals surface area contributed by atoms with Crippen LogP contribution in [0, 0.1) is 5.92 Å². The van der Waals surface area contributed by atoms with Gasteiger partial charge in [-0.25, -0.2) is 4.99 Å². The Morgan fingerprint density at radius 2 is 2.08 bits per heavy atom. The number of ether oxygens (including phenoxy) is 1. The van der Waals surface area contributed by atoms with Crippen molar-refractivity contribution in [3.05, 3.63) is 36.0 Å². The molecule has 1 aromatic heterocycles. The molecule has 2 bridgehead atoms. The average molecular weight is 454 g/mol. The molecule has 5 nitrogen and oxygen atoms in total. The number of hydrogen-bond donors (Lipinski definition) is 0. The zero-order chi connectivity index (χ0) is 16.4. The molecule has 3 saturated heterocycles. The third-order valence-corrected chi connectivity index (χ3v) is 7.87. The molecule has 3 fully saturated rings. The summed E-state index contributed by atoms with van der Waals surface area (Å²) in [4.78, 5) is 4.90. The van der Waals surface area contributed by atoms with Crippen LogP contribution in [0.4, 0.5) is 0 Å². The number of hydrogen-bond acceptors (Lipinski definition) is 2. The van der Waals surface area contributed by atoms with E-state index in [9.17, 15) is 0 Å². The fraction of sp³-hybridized carbons (Fsp3) is 0.526. The molecule has 1 aromatic carbocycles. The number of aryl methyl sites for hydroxylation is 1. The van der Waals surface area contributed by atoms with Crippen LogP contribution < -0.4 is 0 Å². The number of benzene rings is 1. The first kappa shape index (κ1) is 17.3. The van der Waals surface area contributed by atoms with Gasteiger partial charge in [0.25, 0.3) is 0 Å². The normalized spacial score (nSPS) is 33.4. The van der Waals surface area contributed by atoms with E-state index in [1.165, 1.54) is 45.9 Å². The SMILES string of the molecule is Cn1cc(C2=NCC3(C[N+]4(CI)CCC3CC4)O2)c2ccccc21.O. The van der Waals surface area contributed by atoms with Crippen molar-refractivity contribution in [3.8, 4) is 0 Å². The van der Waals surface area contributed by atoms with E-state index in [1.54, 1.807) is 0 Å². The van der Waals surface area contributed by atoms with Gasteiger partial charge in [-0.3, -0.25) is 0 Å². The van der Waals surface area contributed by atoms with Gasteiger partial charge in [0.05, 0.1) is 25.2 Å². The Morgan fingerprint density at radius 3 is 2.84 bits per heavy atom. The first-order valence-electron chi connectivity index (χ1n) is 8.84. The van der Waals surface area contributed by atoms with Crippen molar-refractivity contribution < 1.29 is 14.7 Å². The van der Waals surface area contributed by atoms with Crippen molar-refractivity contribution in [2.45, 2.75) is 18.4 Å². The monoisotopic (exact) mass is 454 g/mol. The molecular formula is C19H25IN3O2+. The molecule has 2 aromatic rings. The lowest BCUT2D eigenvalue weighted by Crippen LogP contribution is -2.69. The number of fused-ring (bicyclic) bond motifs is 3. The Bertz CT molecular complexity index is 838. The molecule has 1 unspecified atom stereocenters. The number of halogens is 1. The van der Waals surface area contributed by atoms with Crippen molar-refractivity contribution in [1.29, 1.82) is 0 Å². The molecule has 6 rings (SSSR count). The summed E-state index contributed by atoms with van der Waals surface area (Å²) >= 11 is 2.56. The maximum absolute atomic E-state index is 6.68. The largest absolute Gasteiger partial charge is 0.462 e. The van der Waals surface area contributed by atoms with E-state index in [4.69, 9.17) is 9.73 Å². The molecule has 1 atom stereocenters. The van der Waals surface area contributed by atoms with Crippen LogP contribution in [-0.2, 0) is 11.8 Å². The second-order valence-electron chi connectivity index (χ2n) is 7.80. The van der Waals surface area contributed by atoms with Crippen molar-refractivity contribution in [3.63, 3.8) is 0 Å². The van der Waals surface area contributed by atoms with E-state index in [0.29, 0.717) is 5.92 Å². The zero-order valence-electron chi connectivity index (χ0n) is 14.5. The van der Waals surface area contributed by atoms with Crippen LogP contribution in [0.5, 0.6) is 0 Å². The third kappa shape index (κ3) is 2.44. The molecule has 0 saturated carbocycles. The smallest absolute Gasteiger partial charge is 0.219 e. The Morgan fingerprint density at radius 1 is 1.32 bits per heavy atom. The van der Waals surface area contributed by atoms with Crippen LogP contribution in [0.3, 0.4) is 0 Å². The van der Waals surface area contributed by atoms with Gasteiger partial charge in [-0.05, 0) is 28.7 Å². The van der Waals surface area contributed by atoms with Crippen LogP contribution in [0.15, 0.2) is 35.5 Å². The predicted molar refractivity (Wildman–Crippen MR) is 108 cm³/mol. The van der Waals surface area contributed by atoms with Crippen molar-refractivity contribution in [1.82, 2.24) is 4.57 Å².